The fourth-order valence-corrected chi connectivity index (χ4v) is 6.59. The van der Waals surface area contributed by atoms with E-state index in [1.807, 2.05) is 79.0 Å². The highest BCUT2D eigenvalue weighted by atomic mass is 32.1. The van der Waals surface area contributed by atoms with Crippen LogP contribution < -0.4 is 24.4 Å². The van der Waals surface area contributed by atoms with Crippen LogP contribution in [0.5, 0.6) is 11.5 Å². The van der Waals surface area contributed by atoms with Crippen molar-refractivity contribution in [2.75, 3.05) is 20.8 Å². The Morgan fingerprint density at radius 3 is 2.50 bits per heavy atom. The summed E-state index contributed by atoms with van der Waals surface area (Å²) in [5.41, 5.74) is 3.82. The fraction of sp³-hybridized carbons (Fsp3) is 0.171. The van der Waals surface area contributed by atoms with Gasteiger partial charge in [-0.1, -0.05) is 72.0 Å². The highest BCUT2D eigenvalue weighted by molar-refractivity contribution is 7.07. The summed E-state index contributed by atoms with van der Waals surface area (Å²) in [5.74, 6) is 0.463. The van der Waals surface area contributed by atoms with Crippen molar-refractivity contribution in [1.29, 1.82) is 0 Å². The van der Waals surface area contributed by atoms with E-state index >= 15 is 0 Å². The molecule has 1 aliphatic heterocycles. The number of allylic oxidation sites excluding steroid dienone is 1. The number of hydrogen-bond donors (Lipinski definition) is 0. The lowest BCUT2D eigenvalue weighted by molar-refractivity contribution is -0.138. The highest BCUT2D eigenvalue weighted by Gasteiger charge is 2.35. The van der Waals surface area contributed by atoms with Gasteiger partial charge in [0, 0.05) is 34.8 Å². The third kappa shape index (κ3) is 5.05. The van der Waals surface area contributed by atoms with Crippen LogP contribution in [-0.4, -0.2) is 35.9 Å². The summed E-state index contributed by atoms with van der Waals surface area (Å²) in [4.78, 5) is 33.5. The number of rotatable bonds is 9. The molecule has 0 radical (unpaired) electrons. The van der Waals surface area contributed by atoms with Crippen molar-refractivity contribution in [1.82, 2.24) is 9.13 Å². The number of aromatic nitrogens is 2. The standard InChI is InChI=1S/C35H31N3O5S/c1-5-18-37-21-24(25-14-10-11-15-26(25)37)20-29-33(39)38-32(23-16-17-27(41-3)28(19-23)42-4)30(34(40)43-6-2)31(36-35(38)44-29)22-12-8-7-9-13-22/h5,7-17,19-21,32H,1,6,18H2,2-4H3/b29-20-/t32-/m0/s1. The number of nitrogens with zero attached hydrogens (tertiary/aromatic N) is 3. The van der Waals surface area contributed by atoms with Gasteiger partial charge in [0.05, 0.1) is 42.7 Å². The Hall–Kier alpha value is -5.15. The van der Waals surface area contributed by atoms with E-state index < -0.39 is 12.0 Å². The van der Waals surface area contributed by atoms with E-state index in [1.165, 1.54) is 11.3 Å². The molecule has 1 aliphatic rings. The van der Waals surface area contributed by atoms with E-state index in [0.717, 1.165) is 22.0 Å². The van der Waals surface area contributed by atoms with Crippen LogP contribution in [0.25, 0.3) is 22.7 Å². The van der Waals surface area contributed by atoms with Crippen molar-refractivity contribution in [3.63, 3.8) is 0 Å². The predicted octanol–water partition coefficient (Wildman–Crippen LogP) is 5.09. The number of thiazole rings is 1. The Morgan fingerprint density at radius 1 is 1.02 bits per heavy atom. The van der Waals surface area contributed by atoms with Crippen molar-refractivity contribution in [3.05, 3.63) is 134 Å². The van der Waals surface area contributed by atoms with Gasteiger partial charge in [-0.05, 0) is 36.8 Å². The summed E-state index contributed by atoms with van der Waals surface area (Å²) < 4.78 is 20.8. The zero-order chi connectivity index (χ0) is 30.8. The van der Waals surface area contributed by atoms with Crippen molar-refractivity contribution < 1.29 is 19.0 Å². The maximum atomic E-state index is 14.3. The molecule has 0 saturated heterocycles. The number of benzene rings is 3. The van der Waals surface area contributed by atoms with Crippen LogP contribution in [0.4, 0.5) is 0 Å². The number of methoxy groups -OCH3 is 2. The van der Waals surface area contributed by atoms with Gasteiger partial charge in [0.15, 0.2) is 16.3 Å². The van der Waals surface area contributed by atoms with E-state index in [4.69, 9.17) is 19.2 Å². The molecule has 0 unspecified atom stereocenters. The zero-order valence-electron chi connectivity index (χ0n) is 24.7. The Labute approximate surface area is 258 Å². The number of esters is 1. The van der Waals surface area contributed by atoms with Crippen LogP contribution >= 0.6 is 11.3 Å². The summed E-state index contributed by atoms with van der Waals surface area (Å²) in [6.07, 6.45) is 5.76. The first-order valence-corrected chi connectivity index (χ1v) is 15.0. The van der Waals surface area contributed by atoms with Gasteiger partial charge in [0.2, 0.25) is 0 Å². The Morgan fingerprint density at radius 2 is 1.77 bits per heavy atom. The number of carbonyl (C=O) groups excluding carboxylic acids is 1. The van der Waals surface area contributed by atoms with Gasteiger partial charge in [0.1, 0.15) is 0 Å². The normalized spacial score (nSPS) is 14.7. The minimum atomic E-state index is -0.829. The molecule has 9 heteroatoms. The monoisotopic (exact) mass is 605 g/mol. The molecule has 0 aliphatic carbocycles. The quantitative estimate of drug-likeness (QED) is 0.173. The van der Waals surface area contributed by atoms with Crippen LogP contribution in [0.2, 0.25) is 0 Å². The molecule has 8 nitrogen and oxygen atoms in total. The van der Waals surface area contributed by atoms with Gasteiger partial charge in [0.25, 0.3) is 5.56 Å². The molecular formula is C35H31N3O5S. The van der Waals surface area contributed by atoms with Gasteiger partial charge in [-0.15, -0.1) is 6.58 Å². The number of carbonyl (C=O) groups is 1. The molecule has 6 rings (SSSR count). The van der Waals surface area contributed by atoms with Crippen molar-refractivity contribution in [2.24, 2.45) is 4.99 Å². The molecule has 0 saturated carbocycles. The average Bonchev–Trinajstić information content (AvgIpc) is 3.56. The molecule has 0 N–H and O–H groups in total. The first-order chi connectivity index (χ1) is 21.5. The second kappa shape index (κ2) is 12.2. The SMILES string of the molecule is C=CCn1cc(/C=c2\sc3n(c2=O)[C@@H](c2ccc(OC)c(OC)c2)C(C(=O)OCC)=C(c2ccccc2)N=3)c2ccccc21. The minimum Gasteiger partial charge on any atom is -0.493 e. The van der Waals surface area contributed by atoms with Gasteiger partial charge in [-0.2, -0.15) is 0 Å². The molecule has 0 fully saturated rings. The first-order valence-electron chi connectivity index (χ1n) is 14.2. The van der Waals surface area contributed by atoms with Crippen molar-refractivity contribution >= 4 is 40.0 Å². The van der Waals surface area contributed by atoms with Crippen LogP contribution in [0.3, 0.4) is 0 Å². The zero-order valence-corrected chi connectivity index (χ0v) is 25.5. The van der Waals surface area contributed by atoms with E-state index in [2.05, 4.69) is 11.1 Å². The number of hydrogen-bond acceptors (Lipinski definition) is 7. The van der Waals surface area contributed by atoms with E-state index in [9.17, 15) is 9.59 Å². The number of para-hydroxylation sites is 1. The Bertz CT molecular complexity index is 2100. The molecule has 44 heavy (non-hydrogen) atoms. The number of ether oxygens (including phenoxy) is 3. The average molecular weight is 606 g/mol. The third-order valence-corrected chi connectivity index (χ3v) is 8.51. The molecule has 0 bridgehead atoms. The molecule has 0 spiro atoms. The lowest BCUT2D eigenvalue weighted by atomic mass is 9.93. The predicted molar refractivity (Wildman–Crippen MR) is 173 cm³/mol. The third-order valence-electron chi connectivity index (χ3n) is 7.53. The largest absolute Gasteiger partial charge is 0.493 e. The van der Waals surface area contributed by atoms with Gasteiger partial charge < -0.3 is 18.8 Å². The summed E-state index contributed by atoms with van der Waals surface area (Å²) in [7, 11) is 3.11. The Balaban J connectivity index is 1.66. The van der Waals surface area contributed by atoms with Crippen molar-refractivity contribution in [3.8, 4) is 11.5 Å². The van der Waals surface area contributed by atoms with E-state index in [1.54, 1.807) is 37.8 Å². The van der Waals surface area contributed by atoms with Crippen LogP contribution in [0.1, 0.15) is 29.7 Å². The highest BCUT2D eigenvalue weighted by Crippen LogP contribution is 2.38. The number of fused-ring (bicyclic) bond motifs is 2. The smallest absolute Gasteiger partial charge is 0.338 e. The van der Waals surface area contributed by atoms with E-state index in [-0.39, 0.29) is 17.7 Å². The lowest BCUT2D eigenvalue weighted by Crippen LogP contribution is -2.40. The molecule has 1 atom stereocenters. The Kier molecular flexibility index (Phi) is 8.04. The molecule has 3 heterocycles. The summed E-state index contributed by atoms with van der Waals surface area (Å²) in [6.45, 7) is 6.45. The topological polar surface area (TPSA) is 84.0 Å². The summed E-state index contributed by atoms with van der Waals surface area (Å²) in [5, 5.41) is 1.02. The first kappa shape index (κ1) is 28.9. The van der Waals surface area contributed by atoms with Crippen LogP contribution in [-0.2, 0) is 16.1 Å². The van der Waals surface area contributed by atoms with E-state index in [0.29, 0.717) is 38.6 Å². The summed E-state index contributed by atoms with van der Waals surface area (Å²) >= 11 is 1.29. The maximum Gasteiger partial charge on any atom is 0.338 e. The fourth-order valence-electron chi connectivity index (χ4n) is 5.60. The molecule has 222 valence electrons. The summed E-state index contributed by atoms with van der Waals surface area (Å²) in [6, 6.07) is 22.1. The molecule has 3 aromatic carbocycles. The maximum absolute atomic E-state index is 14.3. The molecule has 5 aromatic rings. The molecule has 0 amide bonds. The molecule has 2 aromatic heterocycles. The van der Waals surface area contributed by atoms with Gasteiger partial charge in [-0.25, -0.2) is 9.79 Å². The minimum absolute atomic E-state index is 0.169. The van der Waals surface area contributed by atoms with Gasteiger partial charge >= 0.3 is 5.97 Å². The molecular weight excluding hydrogens is 574 g/mol. The second-order valence-corrected chi connectivity index (χ2v) is 11.1. The van der Waals surface area contributed by atoms with Crippen LogP contribution in [0, 0.1) is 0 Å². The van der Waals surface area contributed by atoms with Crippen LogP contribution in [0.15, 0.2) is 107 Å². The van der Waals surface area contributed by atoms with Gasteiger partial charge in [-0.3, -0.25) is 9.36 Å². The van der Waals surface area contributed by atoms with Crippen molar-refractivity contribution in [2.45, 2.75) is 19.5 Å². The second-order valence-electron chi connectivity index (χ2n) is 10.1. The lowest BCUT2D eigenvalue weighted by Gasteiger charge is -2.26.